The number of unbranched alkanes of at least 4 members (excludes halogenated alkanes) is 2. The second kappa shape index (κ2) is 13.0. The van der Waals surface area contributed by atoms with Crippen LogP contribution in [0.5, 0.6) is 5.75 Å². The van der Waals surface area contributed by atoms with Crippen molar-refractivity contribution in [2.24, 2.45) is 0 Å². The van der Waals surface area contributed by atoms with Gasteiger partial charge in [-0.05, 0) is 83.2 Å². The molecule has 1 N–H and O–H groups in total. The van der Waals surface area contributed by atoms with Gasteiger partial charge in [0.05, 0.1) is 0 Å². The zero-order valence-corrected chi connectivity index (χ0v) is 22.9. The SMILES string of the molecule is CCCCc1ccccc1C(C)C(C)c1cccc(O)c1C(C)C(C)c1ccccc1CCCC. The van der Waals surface area contributed by atoms with Gasteiger partial charge in [-0.15, -0.1) is 0 Å². The standard InChI is InChI=1S/C34H46O/c1-7-9-16-28-18-11-13-20-30(28)24(3)25(4)32-22-15-23-33(35)34(32)27(6)26(5)31-21-14-12-19-29(31)17-10-8-2/h11-15,18-27,35H,7-10,16-17H2,1-6H3. The molecule has 0 bridgehead atoms. The second-order valence-electron chi connectivity index (χ2n) is 10.5. The van der Waals surface area contributed by atoms with Gasteiger partial charge in [-0.3, -0.25) is 0 Å². The number of benzene rings is 3. The lowest BCUT2D eigenvalue weighted by Crippen LogP contribution is -2.14. The fraction of sp³-hybridized carbons (Fsp3) is 0.471. The molecule has 188 valence electrons. The fourth-order valence-electron chi connectivity index (χ4n) is 5.67. The number of aryl methyl sites for hydroxylation is 2. The van der Waals surface area contributed by atoms with Crippen LogP contribution in [0.25, 0.3) is 0 Å². The number of phenols is 1. The van der Waals surface area contributed by atoms with Crippen molar-refractivity contribution in [3.63, 3.8) is 0 Å². The van der Waals surface area contributed by atoms with Gasteiger partial charge in [0, 0.05) is 5.56 Å². The summed E-state index contributed by atoms with van der Waals surface area (Å²) in [7, 11) is 0. The highest BCUT2D eigenvalue weighted by molar-refractivity contribution is 5.47. The number of aromatic hydroxyl groups is 1. The van der Waals surface area contributed by atoms with E-state index in [4.69, 9.17) is 0 Å². The first-order valence-corrected chi connectivity index (χ1v) is 13.9. The molecule has 0 aliphatic carbocycles. The summed E-state index contributed by atoms with van der Waals surface area (Å²) < 4.78 is 0. The molecule has 0 fully saturated rings. The molecule has 0 saturated carbocycles. The smallest absolute Gasteiger partial charge is 0.119 e. The van der Waals surface area contributed by atoms with Crippen molar-refractivity contribution in [1.82, 2.24) is 0 Å². The molecule has 0 heterocycles. The van der Waals surface area contributed by atoms with Crippen molar-refractivity contribution in [2.75, 3.05) is 0 Å². The monoisotopic (exact) mass is 470 g/mol. The third kappa shape index (κ3) is 6.37. The van der Waals surface area contributed by atoms with Gasteiger partial charge in [0.25, 0.3) is 0 Å². The lowest BCUT2D eigenvalue weighted by Gasteiger charge is -2.30. The first-order chi connectivity index (χ1) is 16.9. The molecule has 35 heavy (non-hydrogen) atoms. The van der Waals surface area contributed by atoms with Crippen LogP contribution in [0.3, 0.4) is 0 Å². The lowest BCUT2D eigenvalue weighted by molar-refractivity contribution is 0.451. The maximum absolute atomic E-state index is 11.1. The van der Waals surface area contributed by atoms with Crippen LogP contribution in [0.4, 0.5) is 0 Å². The predicted octanol–water partition coefficient (Wildman–Crippen LogP) is 9.89. The molecule has 3 aromatic carbocycles. The van der Waals surface area contributed by atoms with Crippen LogP contribution < -0.4 is 0 Å². The minimum absolute atomic E-state index is 0.221. The van der Waals surface area contributed by atoms with E-state index in [0.717, 1.165) is 18.4 Å². The van der Waals surface area contributed by atoms with Gasteiger partial charge >= 0.3 is 0 Å². The van der Waals surface area contributed by atoms with E-state index in [9.17, 15) is 5.11 Å². The summed E-state index contributed by atoms with van der Waals surface area (Å²) in [6.07, 6.45) is 7.12. The minimum atomic E-state index is 0.221. The molecule has 0 spiro atoms. The summed E-state index contributed by atoms with van der Waals surface area (Å²) in [5.41, 5.74) is 8.21. The summed E-state index contributed by atoms with van der Waals surface area (Å²) in [6.45, 7) is 13.8. The van der Waals surface area contributed by atoms with E-state index in [1.165, 1.54) is 53.5 Å². The Morgan fingerprint density at radius 1 is 0.543 bits per heavy atom. The van der Waals surface area contributed by atoms with Gasteiger partial charge in [-0.1, -0.05) is 115 Å². The Labute approximate surface area is 214 Å². The van der Waals surface area contributed by atoms with Crippen molar-refractivity contribution in [1.29, 1.82) is 0 Å². The van der Waals surface area contributed by atoms with Gasteiger partial charge in [0.1, 0.15) is 5.75 Å². The van der Waals surface area contributed by atoms with Crippen LogP contribution >= 0.6 is 0 Å². The molecule has 4 unspecified atom stereocenters. The van der Waals surface area contributed by atoms with Crippen molar-refractivity contribution < 1.29 is 5.11 Å². The molecule has 0 aliphatic heterocycles. The number of hydrogen-bond donors (Lipinski definition) is 1. The molecule has 4 atom stereocenters. The van der Waals surface area contributed by atoms with Gasteiger partial charge < -0.3 is 5.11 Å². The molecule has 0 amide bonds. The van der Waals surface area contributed by atoms with E-state index >= 15 is 0 Å². The largest absolute Gasteiger partial charge is 0.508 e. The van der Waals surface area contributed by atoms with E-state index < -0.39 is 0 Å². The van der Waals surface area contributed by atoms with Crippen molar-refractivity contribution in [2.45, 2.75) is 104 Å². The van der Waals surface area contributed by atoms with Crippen molar-refractivity contribution >= 4 is 0 Å². The molecule has 0 saturated heterocycles. The molecule has 0 aromatic heterocycles. The highest BCUT2D eigenvalue weighted by atomic mass is 16.3. The van der Waals surface area contributed by atoms with Crippen LogP contribution in [-0.4, -0.2) is 5.11 Å². The molecule has 0 aliphatic rings. The Bertz CT molecular complexity index is 1070. The Balaban J connectivity index is 1.96. The Kier molecular flexibility index (Phi) is 10.0. The summed E-state index contributed by atoms with van der Waals surface area (Å²) in [5, 5.41) is 11.1. The fourth-order valence-corrected chi connectivity index (χ4v) is 5.67. The normalized spacial score (nSPS) is 14.9. The Morgan fingerprint density at radius 3 is 1.49 bits per heavy atom. The average Bonchev–Trinajstić information content (AvgIpc) is 2.89. The topological polar surface area (TPSA) is 20.2 Å². The molecular formula is C34H46O. The van der Waals surface area contributed by atoms with Gasteiger partial charge in [0.2, 0.25) is 0 Å². The third-order valence-electron chi connectivity index (χ3n) is 8.25. The van der Waals surface area contributed by atoms with Crippen LogP contribution in [0.15, 0.2) is 66.7 Å². The van der Waals surface area contributed by atoms with E-state index in [-0.39, 0.29) is 5.92 Å². The summed E-state index contributed by atoms with van der Waals surface area (Å²) >= 11 is 0. The predicted molar refractivity (Wildman–Crippen MR) is 152 cm³/mol. The van der Waals surface area contributed by atoms with Crippen LogP contribution in [-0.2, 0) is 12.8 Å². The van der Waals surface area contributed by atoms with Crippen molar-refractivity contribution in [3.8, 4) is 5.75 Å². The van der Waals surface area contributed by atoms with E-state index in [1.807, 2.05) is 12.1 Å². The van der Waals surface area contributed by atoms with E-state index in [0.29, 0.717) is 23.5 Å². The van der Waals surface area contributed by atoms with Gasteiger partial charge in [-0.25, -0.2) is 0 Å². The molecule has 1 heteroatoms. The Hall–Kier alpha value is -2.54. The number of rotatable bonds is 12. The highest BCUT2D eigenvalue weighted by Crippen LogP contribution is 2.45. The maximum atomic E-state index is 11.1. The highest BCUT2D eigenvalue weighted by Gasteiger charge is 2.28. The zero-order chi connectivity index (χ0) is 25.4. The van der Waals surface area contributed by atoms with Gasteiger partial charge in [-0.2, -0.15) is 0 Å². The quantitative estimate of drug-likeness (QED) is 0.279. The van der Waals surface area contributed by atoms with E-state index in [2.05, 4.69) is 96.1 Å². The summed E-state index contributed by atoms with van der Waals surface area (Å²) in [6, 6.07) is 24.0. The average molecular weight is 471 g/mol. The number of phenolic OH excluding ortho intramolecular Hbond substituents is 1. The summed E-state index contributed by atoms with van der Waals surface area (Å²) in [5.74, 6) is 1.67. The molecule has 3 aromatic rings. The van der Waals surface area contributed by atoms with Crippen LogP contribution in [0.2, 0.25) is 0 Å². The minimum Gasteiger partial charge on any atom is -0.508 e. The summed E-state index contributed by atoms with van der Waals surface area (Å²) in [4.78, 5) is 0. The van der Waals surface area contributed by atoms with Crippen LogP contribution in [0, 0.1) is 0 Å². The molecule has 1 nitrogen and oxygen atoms in total. The van der Waals surface area contributed by atoms with Gasteiger partial charge in [0.15, 0.2) is 0 Å². The first-order valence-electron chi connectivity index (χ1n) is 13.9. The number of hydrogen-bond acceptors (Lipinski definition) is 1. The lowest BCUT2D eigenvalue weighted by atomic mass is 9.74. The molecular weight excluding hydrogens is 424 g/mol. The molecule has 0 radical (unpaired) electrons. The van der Waals surface area contributed by atoms with Crippen molar-refractivity contribution in [3.05, 3.63) is 100 Å². The maximum Gasteiger partial charge on any atom is 0.119 e. The third-order valence-corrected chi connectivity index (χ3v) is 8.25. The first kappa shape index (κ1) is 27.1. The molecule has 3 rings (SSSR count). The Morgan fingerprint density at radius 2 is 0.971 bits per heavy atom. The van der Waals surface area contributed by atoms with Crippen LogP contribution in [0.1, 0.15) is 124 Å². The van der Waals surface area contributed by atoms with E-state index in [1.54, 1.807) is 0 Å². The zero-order valence-electron chi connectivity index (χ0n) is 22.9. The second-order valence-corrected chi connectivity index (χ2v) is 10.5.